The fraction of sp³-hybridized carbons (Fsp3) is 0.938. The van der Waals surface area contributed by atoms with Crippen molar-refractivity contribution in [2.75, 3.05) is 26.9 Å². The molecule has 118 valence electrons. The molecule has 0 heterocycles. The number of hydrogen-bond acceptors (Lipinski definition) is 4. The molecule has 1 fully saturated rings. The molecule has 0 radical (unpaired) electrons. The second kappa shape index (κ2) is 8.63. The minimum atomic E-state index is -0.622. The van der Waals surface area contributed by atoms with E-state index in [4.69, 9.17) is 9.47 Å². The highest BCUT2D eigenvalue weighted by atomic mass is 16.5. The van der Waals surface area contributed by atoms with Crippen molar-refractivity contribution in [2.45, 2.75) is 58.4 Å². The highest BCUT2D eigenvalue weighted by Gasteiger charge is 2.51. The SMILES string of the molecule is CCCNC(COCCCC(C)C)(C(=O)OC)C1CC1. The maximum atomic E-state index is 12.2. The maximum absolute atomic E-state index is 12.2. The summed E-state index contributed by atoms with van der Waals surface area (Å²) in [6.45, 7) is 8.50. The number of carbonyl (C=O) groups excluding carboxylic acids is 1. The van der Waals surface area contributed by atoms with Gasteiger partial charge >= 0.3 is 5.97 Å². The second-order valence-corrected chi connectivity index (χ2v) is 6.25. The van der Waals surface area contributed by atoms with Crippen molar-refractivity contribution in [3.63, 3.8) is 0 Å². The molecule has 1 unspecified atom stereocenters. The van der Waals surface area contributed by atoms with Crippen LogP contribution in [-0.2, 0) is 14.3 Å². The Morgan fingerprint density at radius 3 is 2.60 bits per heavy atom. The number of carbonyl (C=O) groups is 1. The van der Waals surface area contributed by atoms with E-state index in [1.165, 1.54) is 7.11 Å². The van der Waals surface area contributed by atoms with Gasteiger partial charge < -0.3 is 9.47 Å². The Morgan fingerprint density at radius 1 is 1.40 bits per heavy atom. The van der Waals surface area contributed by atoms with Crippen LogP contribution in [0.4, 0.5) is 0 Å². The topological polar surface area (TPSA) is 47.6 Å². The number of esters is 1. The third-order valence-corrected chi connectivity index (χ3v) is 3.91. The van der Waals surface area contributed by atoms with E-state index in [9.17, 15) is 4.79 Å². The van der Waals surface area contributed by atoms with Crippen LogP contribution >= 0.6 is 0 Å². The average molecular weight is 285 g/mol. The Hall–Kier alpha value is -0.610. The average Bonchev–Trinajstić information content (AvgIpc) is 3.25. The van der Waals surface area contributed by atoms with Gasteiger partial charge in [0, 0.05) is 6.61 Å². The zero-order valence-electron chi connectivity index (χ0n) is 13.5. The van der Waals surface area contributed by atoms with Crippen molar-refractivity contribution in [3.05, 3.63) is 0 Å². The van der Waals surface area contributed by atoms with Gasteiger partial charge in [0.15, 0.2) is 0 Å². The molecule has 4 heteroatoms. The lowest BCUT2D eigenvalue weighted by Gasteiger charge is -2.32. The lowest BCUT2D eigenvalue weighted by molar-refractivity contribution is -0.153. The largest absolute Gasteiger partial charge is 0.468 e. The van der Waals surface area contributed by atoms with E-state index in [1.54, 1.807) is 0 Å². The predicted molar refractivity (Wildman–Crippen MR) is 80.7 cm³/mol. The molecule has 0 amide bonds. The van der Waals surface area contributed by atoms with Crippen molar-refractivity contribution >= 4 is 5.97 Å². The van der Waals surface area contributed by atoms with Crippen molar-refractivity contribution < 1.29 is 14.3 Å². The molecule has 0 aromatic carbocycles. The highest BCUT2D eigenvalue weighted by molar-refractivity contribution is 5.82. The summed E-state index contributed by atoms with van der Waals surface area (Å²) in [7, 11) is 1.46. The first-order valence-corrected chi connectivity index (χ1v) is 7.98. The molecule has 1 aliphatic carbocycles. The summed E-state index contributed by atoms with van der Waals surface area (Å²) in [4.78, 5) is 12.2. The van der Waals surface area contributed by atoms with Crippen LogP contribution in [0.3, 0.4) is 0 Å². The van der Waals surface area contributed by atoms with Gasteiger partial charge in [-0.25, -0.2) is 4.79 Å². The summed E-state index contributed by atoms with van der Waals surface area (Å²) in [5.74, 6) is 0.898. The third kappa shape index (κ3) is 5.06. The Morgan fingerprint density at radius 2 is 2.10 bits per heavy atom. The van der Waals surface area contributed by atoms with Crippen LogP contribution < -0.4 is 5.32 Å². The Kier molecular flexibility index (Phi) is 7.52. The molecule has 0 aliphatic heterocycles. The molecule has 4 nitrogen and oxygen atoms in total. The van der Waals surface area contributed by atoms with E-state index >= 15 is 0 Å². The number of ether oxygens (including phenoxy) is 2. The van der Waals surface area contributed by atoms with Gasteiger partial charge in [0.2, 0.25) is 0 Å². The Balaban J connectivity index is 2.50. The van der Waals surface area contributed by atoms with Crippen molar-refractivity contribution in [1.29, 1.82) is 0 Å². The van der Waals surface area contributed by atoms with Crippen LogP contribution in [0.15, 0.2) is 0 Å². The summed E-state index contributed by atoms with van der Waals surface area (Å²) in [6.07, 6.45) is 5.38. The number of rotatable bonds is 11. The van der Waals surface area contributed by atoms with Crippen LogP contribution in [0.1, 0.15) is 52.9 Å². The first-order chi connectivity index (χ1) is 9.56. The van der Waals surface area contributed by atoms with E-state index in [-0.39, 0.29) is 5.97 Å². The zero-order valence-corrected chi connectivity index (χ0v) is 13.5. The number of nitrogens with one attached hydrogen (secondary N) is 1. The molecule has 0 bridgehead atoms. The summed E-state index contributed by atoms with van der Waals surface area (Å²) >= 11 is 0. The molecule has 1 saturated carbocycles. The van der Waals surface area contributed by atoms with Crippen molar-refractivity contribution in [3.8, 4) is 0 Å². The van der Waals surface area contributed by atoms with Gasteiger partial charge in [0.1, 0.15) is 5.54 Å². The molecule has 0 aromatic heterocycles. The standard InChI is InChI=1S/C16H31NO3/c1-5-10-17-16(14-8-9-14,15(18)19-4)12-20-11-6-7-13(2)3/h13-14,17H,5-12H2,1-4H3. The first-order valence-electron chi connectivity index (χ1n) is 7.98. The van der Waals surface area contributed by atoms with Gasteiger partial charge in [-0.15, -0.1) is 0 Å². The van der Waals surface area contributed by atoms with Gasteiger partial charge in [-0.2, -0.15) is 0 Å². The fourth-order valence-electron chi connectivity index (χ4n) is 2.54. The van der Waals surface area contributed by atoms with Crippen LogP contribution in [-0.4, -0.2) is 38.4 Å². The van der Waals surface area contributed by atoms with Gasteiger partial charge in [-0.1, -0.05) is 20.8 Å². The lowest BCUT2D eigenvalue weighted by atomic mass is 9.94. The molecule has 1 N–H and O–H groups in total. The summed E-state index contributed by atoms with van der Waals surface area (Å²) in [5, 5.41) is 3.40. The van der Waals surface area contributed by atoms with Gasteiger partial charge in [-0.05, 0) is 50.5 Å². The summed E-state index contributed by atoms with van der Waals surface area (Å²) < 4.78 is 10.8. The minimum Gasteiger partial charge on any atom is -0.468 e. The van der Waals surface area contributed by atoms with E-state index < -0.39 is 5.54 Å². The van der Waals surface area contributed by atoms with Crippen LogP contribution in [0.25, 0.3) is 0 Å². The predicted octanol–water partition coefficient (Wildman–Crippen LogP) is 2.76. The maximum Gasteiger partial charge on any atom is 0.328 e. The molecule has 0 saturated heterocycles. The Labute approximate surface area is 123 Å². The molecule has 1 atom stereocenters. The molecule has 0 spiro atoms. The van der Waals surface area contributed by atoms with Gasteiger partial charge in [0.05, 0.1) is 13.7 Å². The molecule has 0 aromatic rings. The van der Waals surface area contributed by atoms with Crippen molar-refractivity contribution in [2.24, 2.45) is 11.8 Å². The van der Waals surface area contributed by atoms with Gasteiger partial charge in [0.25, 0.3) is 0 Å². The van der Waals surface area contributed by atoms with E-state index in [0.29, 0.717) is 18.4 Å². The second-order valence-electron chi connectivity index (χ2n) is 6.25. The van der Waals surface area contributed by atoms with Crippen LogP contribution in [0.2, 0.25) is 0 Å². The third-order valence-electron chi connectivity index (χ3n) is 3.91. The Bertz CT molecular complexity index is 289. The molecule has 20 heavy (non-hydrogen) atoms. The number of hydrogen-bond donors (Lipinski definition) is 1. The number of methoxy groups -OCH3 is 1. The minimum absolute atomic E-state index is 0.169. The quantitative estimate of drug-likeness (QED) is 0.468. The molecular formula is C16H31NO3. The van der Waals surface area contributed by atoms with Crippen molar-refractivity contribution in [1.82, 2.24) is 5.32 Å². The monoisotopic (exact) mass is 285 g/mol. The van der Waals surface area contributed by atoms with E-state index in [1.807, 2.05) is 0 Å². The molecule has 1 aliphatic rings. The van der Waals surface area contributed by atoms with E-state index in [2.05, 4.69) is 26.1 Å². The fourth-order valence-corrected chi connectivity index (χ4v) is 2.54. The zero-order chi connectivity index (χ0) is 15.0. The lowest BCUT2D eigenvalue weighted by Crippen LogP contribution is -2.58. The van der Waals surface area contributed by atoms with E-state index in [0.717, 1.165) is 45.3 Å². The first kappa shape index (κ1) is 17.4. The normalized spacial score (nSPS) is 18.1. The molecule has 1 rings (SSSR count). The highest BCUT2D eigenvalue weighted by Crippen LogP contribution is 2.40. The van der Waals surface area contributed by atoms with Gasteiger partial charge in [-0.3, -0.25) is 5.32 Å². The van der Waals surface area contributed by atoms with Crippen LogP contribution in [0.5, 0.6) is 0 Å². The molecular weight excluding hydrogens is 254 g/mol. The summed E-state index contributed by atoms with van der Waals surface area (Å²) in [6, 6.07) is 0. The summed E-state index contributed by atoms with van der Waals surface area (Å²) in [5.41, 5.74) is -0.622. The smallest absolute Gasteiger partial charge is 0.328 e. The van der Waals surface area contributed by atoms with Crippen LogP contribution in [0, 0.1) is 11.8 Å².